The number of thiazole rings is 1. The first-order valence-electron chi connectivity index (χ1n) is 9.93. The van der Waals surface area contributed by atoms with Crippen molar-refractivity contribution >= 4 is 17.6 Å². The van der Waals surface area contributed by atoms with E-state index in [1.54, 1.807) is 43.3 Å². The molecule has 1 heterocycles. The van der Waals surface area contributed by atoms with Crippen LogP contribution in [0.1, 0.15) is 26.3 Å². The summed E-state index contributed by atoms with van der Waals surface area (Å²) in [5.74, 6) is 1.92. The van der Waals surface area contributed by atoms with Crippen molar-refractivity contribution in [2.24, 2.45) is 10.1 Å². The number of phenols is 1. The molecule has 8 heteroatoms. The molecule has 0 saturated carbocycles. The fourth-order valence-corrected chi connectivity index (χ4v) is 3.88. The van der Waals surface area contributed by atoms with Crippen LogP contribution < -0.4 is 19.0 Å². The molecule has 1 aromatic heterocycles. The molecule has 3 rings (SSSR count). The smallest absolute Gasteiger partial charge is 0.206 e. The van der Waals surface area contributed by atoms with Gasteiger partial charge >= 0.3 is 0 Å². The van der Waals surface area contributed by atoms with Gasteiger partial charge < -0.3 is 19.3 Å². The van der Waals surface area contributed by atoms with Crippen molar-refractivity contribution in [3.05, 3.63) is 52.1 Å². The molecular weight excluding hydrogens is 414 g/mol. The lowest BCUT2D eigenvalue weighted by molar-refractivity contribution is 0.318. The van der Waals surface area contributed by atoms with Gasteiger partial charge in [-0.3, -0.25) is 4.99 Å². The summed E-state index contributed by atoms with van der Waals surface area (Å²) in [4.78, 5) is 5.47. The number of nitrogens with zero attached hydrogens (tertiary/aromatic N) is 3. The lowest BCUT2D eigenvalue weighted by atomic mass is 10.1. The van der Waals surface area contributed by atoms with Crippen molar-refractivity contribution in [2.75, 3.05) is 20.8 Å². The highest BCUT2D eigenvalue weighted by Gasteiger charge is 2.14. The molecule has 0 fully saturated rings. The number of hydrogen-bond acceptors (Lipinski definition) is 7. The number of ether oxygens (including phenoxy) is 3. The first-order chi connectivity index (χ1) is 15.0. The van der Waals surface area contributed by atoms with Gasteiger partial charge in [-0.05, 0) is 56.7 Å². The molecule has 1 N–H and O–H groups in total. The van der Waals surface area contributed by atoms with Gasteiger partial charge in [-0.1, -0.05) is 0 Å². The lowest BCUT2D eigenvalue weighted by Crippen LogP contribution is -2.14. The third-order valence-electron chi connectivity index (χ3n) is 4.34. The van der Waals surface area contributed by atoms with Crippen LogP contribution in [0.3, 0.4) is 0 Å². The SMILES string of the molecule is CCOc1cc(C=Nn2c(-c3ccc(OC)cc3OC)csc2=NC(C)C)ccc1O. The Morgan fingerprint density at radius 2 is 1.90 bits per heavy atom. The van der Waals surface area contributed by atoms with Gasteiger partial charge in [0, 0.05) is 23.1 Å². The number of rotatable bonds is 8. The molecule has 0 saturated heterocycles. The van der Waals surface area contributed by atoms with Gasteiger partial charge in [-0.25, -0.2) is 4.68 Å². The Labute approximate surface area is 185 Å². The van der Waals surface area contributed by atoms with Crippen LogP contribution >= 0.6 is 11.3 Å². The third-order valence-corrected chi connectivity index (χ3v) is 5.17. The highest BCUT2D eigenvalue weighted by molar-refractivity contribution is 7.07. The fraction of sp³-hybridized carbons (Fsp3) is 0.304. The zero-order valence-corrected chi connectivity index (χ0v) is 19.1. The Morgan fingerprint density at radius 1 is 1.10 bits per heavy atom. The van der Waals surface area contributed by atoms with E-state index in [9.17, 15) is 5.11 Å². The molecule has 0 aliphatic rings. The summed E-state index contributed by atoms with van der Waals surface area (Å²) in [6.45, 7) is 6.38. The molecule has 164 valence electrons. The Morgan fingerprint density at radius 3 is 2.58 bits per heavy atom. The average molecular weight is 442 g/mol. The second-order valence-electron chi connectivity index (χ2n) is 6.91. The molecule has 31 heavy (non-hydrogen) atoms. The standard InChI is InChI=1S/C23H27N3O4S/c1-6-30-22-11-16(7-10-20(22)27)13-24-26-19(14-31-23(26)25-15(2)3)18-9-8-17(28-4)12-21(18)29-5/h7-15,27H,6H2,1-5H3. The van der Waals surface area contributed by atoms with E-state index in [-0.39, 0.29) is 11.8 Å². The average Bonchev–Trinajstić information content (AvgIpc) is 3.15. The summed E-state index contributed by atoms with van der Waals surface area (Å²) < 4.78 is 18.2. The molecular formula is C23H27N3O4S. The predicted octanol–water partition coefficient (Wildman–Crippen LogP) is 4.53. The van der Waals surface area contributed by atoms with Crippen LogP contribution in [0.2, 0.25) is 0 Å². The Balaban J connectivity index is 2.11. The van der Waals surface area contributed by atoms with Gasteiger partial charge in [0.05, 0.1) is 32.7 Å². The van der Waals surface area contributed by atoms with Crippen molar-refractivity contribution in [3.8, 4) is 34.3 Å². The number of hydrogen-bond donors (Lipinski definition) is 1. The van der Waals surface area contributed by atoms with Crippen molar-refractivity contribution in [2.45, 2.75) is 26.8 Å². The second-order valence-corrected chi connectivity index (χ2v) is 7.75. The van der Waals surface area contributed by atoms with Crippen LogP contribution in [0.15, 0.2) is 51.9 Å². The Kier molecular flexibility index (Phi) is 7.36. The van der Waals surface area contributed by atoms with Gasteiger partial charge in [0.25, 0.3) is 0 Å². The summed E-state index contributed by atoms with van der Waals surface area (Å²) in [6, 6.07) is 10.9. The monoisotopic (exact) mass is 441 g/mol. The maximum atomic E-state index is 9.94. The van der Waals surface area contributed by atoms with Crippen molar-refractivity contribution in [1.82, 2.24) is 4.68 Å². The fourth-order valence-electron chi connectivity index (χ4n) is 2.92. The minimum atomic E-state index is 0.0985. The van der Waals surface area contributed by atoms with Gasteiger partial charge in [0.15, 0.2) is 11.5 Å². The molecule has 0 aliphatic carbocycles. The molecule has 0 atom stereocenters. The van der Waals surface area contributed by atoms with Gasteiger partial charge in [0.1, 0.15) is 11.5 Å². The first-order valence-corrected chi connectivity index (χ1v) is 10.8. The molecule has 2 aromatic carbocycles. The minimum absolute atomic E-state index is 0.0985. The number of aromatic hydroxyl groups is 1. The predicted molar refractivity (Wildman–Crippen MR) is 124 cm³/mol. The van der Waals surface area contributed by atoms with Crippen molar-refractivity contribution in [1.29, 1.82) is 0 Å². The summed E-state index contributed by atoms with van der Waals surface area (Å²) in [5, 5.41) is 16.6. The number of phenolic OH excluding ortho intramolecular Hbond substituents is 1. The summed E-state index contributed by atoms with van der Waals surface area (Å²) >= 11 is 1.51. The lowest BCUT2D eigenvalue weighted by Gasteiger charge is -2.11. The van der Waals surface area contributed by atoms with Crippen molar-refractivity contribution < 1.29 is 19.3 Å². The van der Waals surface area contributed by atoms with E-state index in [1.165, 1.54) is 11.3 Å². The van der Waals surface area contributed by atoms with E-state index < -0.39 is 0 Å². The molecule has 0 spiro atoms. The zero-order chi connectivity index (χ0) is 22.4. The molecule has 0 bridgehead atoms. The van der Waals surface area contributed by atoms with Crippen molar-refractivity contribution in [3.63, 3.8) is 0 Å². The second kappa shape index (κ2) is 10.2. The first kappa shape index (κ1) is 22.4. The number of methoxy groups -OCH3 is 2. The van der Waals surface area contributed by atoms with Gasteiger partial charge in [0.2, 0.25) is 4.80 Å². The molecule has 0 unspecified atom stereocenters. The molecule has 7 nitrogen and oxygen atoms in total. The summed E-state index contributed by atoms with van der Waals surface area (Å²) in [6.07, 6.45) is 1.72. The van der Waals surface area contributed by atoms with Crippen LogP contribution in [-0.2, 0) is 0 Å². The quantitative estimate of drug-likeness (QED) is 0.521. The molecule has 0 aliphatic heterocycles. The van der Waals surface area contributed by atoms with E-state index in [1.807, 2.05) is 44.4 Å². The van der Waals surface area contributed by atoms with E-state index in [0.29, 0.717) is 23.9 Å². The topological polar surface area (TPSA) is 77.6 Å². The zero-order valence-electron chi connectivity index (χ0n) is 18.3. The number of aromatic nitrogens is 1. The van der Waals surface area contributed by atoms with Gasteiger partial charge in [-0.2, -0.15) is 5.10 Å². The van der Waals surface area contributed by atoms with E-state index >= 15 is 0 Å². The van der Waals surface area contributed by atoms with E-state index in [0.717, 1.165) is 21.6 Å². The Hall–Kier alpha value is -3.26. The Bertz CT molecular complexity index is 1130. The summed E-state index contributed by atoms with van der Waals surface area (Å²) in [7, 11) is 3.25. The largest absolute Gasteiger partial charge is 0.504 e. The normalized spacial score (nSPS) is 12.0. The molecule has 0 radical (unpaired) electrons. The third kappa shape index (κ3) is 5.27. The van der Waals surface area contributed by atoms with Crippen LogP contribution in [0.5, 0.6) is 23.0 Å². The van der Waals surface area contributed by atoms with Crippen LogP contribution in [0.25, 0.3) is 11.3 Å². The maximum Gasteiger partial charge on any atom is 0.206 e. The van der Waals surface area contributed by atoms with Crippen LogP contribution in [0, 0.1) is 0 Å². The molecule has 3 aromatic rings. The highest BCUT2D eigenvalue weighted by atomic mass is 32.1. The van der Waals surface area contributed by atoms with E-state index in [4.69, 9.17) is 24.3 Å². The van der Waals surface area contributed by atoms with E-state index in [2.05, 4.69) is 0 Å². The maximum absolute atomic E-state index is 9.94. The van der Waals surface area contributed by atoms with Crippen LogP contribution in [-0.4, -0.2) is 42.9 Å². The highest BCUT2D eigenvalue weighted by Crippen LogP contribution is 2.33. The minimum Gasteiger partial charge on any atom is -0.504 e. The van der Waals surface area contributed by atoms with Gasteiger partial charge in [-0.15, -0.1) is 11.3 Å². The summed E-state index contributed by atoms with van der Waals surface area (Å²) in [5.41, 5.74) is 2.52. The molecule has 0 amide bonds. The number of benzene rings is 2. The van der Waals surface area contributed by atoms with Crippen LogP contribution in [0.4, 0.5) is 0 Å².